The molecule has 0 bridgehead atoms. The van der Waals surface area contributed by atoms with E-state index in [9.17, 15) is 0 Å². The van der Waals surface area contributed by atoms with Gasteiger partial charge in [-0.1, -0.05) is 77.3 Å². The molecule has 17 heavy (non-hydrogen) atoms. The minimum absolute atomic E-state index is 0.854. The standard InChI is InChI=1S/C13H18.2C2H6/c1-2-5-9-12(8-4-1)13-10-6-3-7-11-13;2*1-2/h1,4-5,8-9,13H,2-3,6-7,10-11H2;2*1-2H3. The average molecular weight is 234 g/mol. The van der Waals surface area contributed by atoms with E-state index >= 15 is 0 Å². The van der Waals surface area contributed by atoms with Gasteiger partial charge in [-0.05, 0) is 30.8 Å². The first kappa shape index (κ1) is 16.2. The van der Waals surface area contributed by atoms with Gasteiger partial charge in [-0.15, -0.1) is 0 Å². The first-order valence-electron chi connectivity index (χ1n) is 7.50. The summed E-state index contributed by atoms with van der Waals surface area (Å²) in [5.74, 6) is 0.854. The highest BCUT2D eigenvalue weighted by Crippen LogP contribution is 2.30. The fourth-order valence-corrected chi connectivity index (χ4v) is 2.30. The molecule has 0 N–H and O–H groups in total. The highest BCUT2D eigenvalue weighted by Gasteiger charge is 2.15. The molecule has 0 radical (unpaired) electrons. The molecule has 2 aliphatic carbocycles. The molecule has 0 aromatic rings. The number of allylic oxidation sites excluding steroid dienone is 6. The molecule has 0 aromatic heterocycles. The molecule has 0 heteroatoms. The minimum Gasteiger partial charge on any atom is -0.0807 e. The number of hydrogen-bond donors (Lipinski definition) is 0. The quantitative estimate of drug-likeness (QED) is 0.517. The molecule has 0 spiro atoms. The van der Waals surface area contributed by atoms with Crippen LogP contribution in [-0.2, 0) is 0 Å². The summed E-state index contributed by atoms with van der Waals surface area (Å²) in [4.78, 5) is 0. The lowest BCUT2D eigenvalue weighted by atomic mass is 9.83. The fourth-order valence-electron chi connectivity index (χ4n) is 2.30. The Hall–Kier alpha value is -0.780. The van der Waals surface area contributed by atoms with Crippen LogP contribution in [0.2, 0.25) is 0 Å². The van der Waals surface area contributed by atoms with E-state index in [4.69, 9.17) is 0 Å². The number of rotatable bonds is 1. The van der Waals surface area contributed by atoms with Gasteiger partial charge in [0, 0.05) is 0 Å². The minimum atomic E-state index is 0.854. The van der Waals surface area contributed by atoms with Crippen molar-refractivity contribution in [2.45, 2.75) is 66.2 Å². The summed E-state index contributed by atoms with van der Waals surface area (Å²) < 4.78 is 0. The molecule has 1 fully saturated rings. The van der Waals surface area contributed by atoms with Crippen LogP contribution in [0.15, 0.2) is 36.0 Å². The molecular weight excluding hydrogens is 204 g/mol. The Kier molecular flexibility index (Phi) is 11.2. The molecular formula is C17H30. The summed E-state index contributed by atoms with van der Waals surface area (Å²) in [6, 6.07) is 0. The van der Waals surface area contributed by atoms with Crippen LogP contribution in [0.4, 0.5) is 0 Å². The Bertz CT molecular complexity index is 237. The fraction of sp³-hybridized carbons (Fsp3) is 0.647. The zero-order chi connectivity index (χ0) is 12.9. The summed E-state index contributed by atoms with van der Waals surface area (Å²) >= 11 is 0. The van der Waals surface area contributed by atoms with Crippen LogP contribution < -0.4 is 0 Å². The van der Waals surface area contributed by atoms with E-state index in [2.05, 4.69) is 30.4 Å². The topological polar surface area (TPSA) is 0 Å². The molecule has 0 heterocycles. The highest BCUT2D eigenvalue weighted by molar-refractivity contribution is 5.29. The lowest BCUT2D eigenvalue weighted by molar-refractivity contribution is 0.408. The van der Waals surface area contributed by atoms with Crippen LogP contribution in [0.25, 0.3) is 0 Å². The molecule has 0 saturated heterocycles. The monoisotopic (exact) mass is 234 g/mol. The Morgan fingerprint density at radius 3 is 2.18 bits per heavy atom. The van der Waals surface area contributed by atoms with Gasteiger partial charge in [-0.25, -0.2) is 0 Å². The third-order valence-corrected chi connectivity index (χ3v) is 3.08. The molecule has 0 amide bonds. The molecule has 1 saturated carbocycles. The van der Waals surface area contributed by atoms with E-state index in [0.29, 0.717) is 0 Å². The van der Waals surface area contributed by atoms with Crippen molar-refractivity contribution < 1.29 is 0 Å². The maximum atomic E-state index is 2.33. The third kappa shape index (κ3) is 6.51. The predicted molar refractivity (Wildman–Crippen MR) is 80.3 cm³/mol. The lowest BCUT2D eigenvalue weighted by Gasteiger charge is -2.22. The van der Waals surface area contributed by atoms with Crippen LogP contribution in [-0.4, -0.2) is 0 Å². The van der Waals surface area contributed by atoms with Crippen molar-refractivity contribution in [2.75, 3.05) is 0 Å². The van der Waals surface area contributed by atoms with Gasteiger partial charge < -0.3 is 0 Å². The maximum absolute atomic E-state index is 2.33. The van der Waals surface area contributed by atoms with Gasteiger partial charge in [-0.3, -0.25) is 0 Å². The first-order chi connectivity index (χ1) is 8.47. The van der Waals surface area contributed by atoms with E-state index < -0.39 is 0 Å². The van der Waals surface area contributed by atoms with Crippen molar-refractivity contribution >= 4 is 0 Å². The van der Waals surface area contributed by atoms with Gasteiger partial charge in [0.15, 0.2) is 0 Å². The van der Waals surface area contributed by atoms with Crippen LogP contribution in [0.5, 0.6) is 0 Å². The van der Waals surface area contributed by atoms with Gasteiger partial charge in [0.2, 0.25) is 0 Å². The van der Waals surface area contributed by atoms with Gasteiger partial charge in [0.1, 0.15) is 0 Å². The summed E-state index contributed by atoms with van der Waals surface area (Å²) in [7, 11) is 0. The predicted octanol–water partition coefficient (Wildman–Crippen LogP) is 6.06. The summed E-state index contributed by atoms with van der Waals surface area (Å²) in [5, 5.41) is 0. The first-order valence-corrected chi connectivity index (χ1v) is 7.50. The average Bonchev–Trinajstić information content (AvgIpc) is 2.73. The second-order valence-electron chi connectivity index (χ2n) is 4.07. The molecule has 0 aliphatic heterocycles. The maximum Gasteiger partial charge on any atom is -0.0162 e. The van der Waals surface area contributed by atoms with Crippen molar-refractivity contribution in [2.24, 2.45) is 5.92 Å². The molecule has 0 atom stereocenters. The van der Waals surface area contributed by atoms with Crippen molar-refractivity contribution in [1.82, 2.24) is 0 Å². The molecule has 0 unspecified atom stereocenters. The van der Waals surface area contributed by atoms with E-state index in [1.807, 2.05) is 27.7 Å². The summed E-state index contributed by atoms with van der Waals surface area (Å²) in [6.45, 7) is 8.00. The Morgan fingerprint density at radius 1 is 0.882 bits per heavy atom. The summed E-state index contributed by atoms with van der Waals surface area (Å²) in [6.07, 6.45) is 19.6. The van der Waals surface area contributed by atoms with Gasteiger partial charge in [-0.2, -0.15) is 0 Å². The molecule has 0 aromatic carbocycles. The van der Waals surface area contributed by atoms with Crippen molar-refractivity contribution in [1.29, 1.82) is 0 Å². The van der Waals surface area contributed by atoms with Crippen LogP contribution in [0.1, 0.15) is 66.2 Å². The second-order valence-corrected chi connectivity index (χ2v) is 4.07. The zero-order valence-electron chi connectivity index (χ0n) is 12.2. The van der Waals surface area contributed by atoms with Gasteiger partial charge in [0.25, 0.3) is 0 Å². The highest BCUT2D eigenvalue weighted by atomic mass is 14.2. The largest absolute Gasteiger partial charge is 0.0807 e. The zero-order valence-corrected chi connectivity index (χ0v) is 12.2. The number of hydrogen-bond acceptors (Lipinski definition) is 0. The Labute approximate surface area is 109 Å². The SMILES string of the molecule is C1=CCC=CC(C2CCCCC2)=C1.CC.CC. The van der Waals surface area contributed by atoms with Crippen molar-refractivity contribution in [3.8, 4) is 0 Å². The van der Waals surface area contributed by atoms with E-state index in [0.717, 1.165) is 12.3 Å². The second kappa shape index (κ2) is 11.7. The van der Waals surface area contributed by atoms with Gasteiger partial charge in [0.05, 0.1) is 0 Å². The van der Waals surface area contributed by atoms with Gasteiger partial charge >= 0.3 is 0 Å². The van der Waals surface area contributed by atoms with Crippen LogP contribution >= 0.6 is 0 Å². The Morgan fingerprint density at radius 2 is 1.53 bits per heavy atom. The van der Waals surface area contributed by atoms with Crippen molar-refractivity contribution in [3.05, 3.63) is 36.0 Å². The molecule has 0 nitrogen and oxygen atoms in total. The van der Waals surface area contributed by atoms with Crippen molar-refractivity contribution in [3.63, 3.8) is 0 Å². The molecule has 2 aliphatic rings. The lowest BCUT2D eigenvalue weighted by Crippen LogP contribution is -2.07. The summed E-state index contributed by atoms with van der Waals surface area (Å²) in [5.41, 5.74) is 1.56. The molecule has 2 rings (SSSR count). The van der Waals surface area contributed by atoms with E-state index in [-0.39, 0.29) is 0 Å². The smallest absolute Gasteiger partial charge is 0.0162 e. The van der Waals surface area contributed by atoms with E-state index in [1.54, 1.807) is 5.57 Å². The Balaban J connectivity index is 0.000000581. The molecule has 98 valence electrons. The van der Waals surface area contributed by atoms with Crippen LogP contribution in [0.3, 0.4) is 0 Å². The normalized spacial score (nSPS) is 19.2. The van der Waals surface area contributed by atoms with E-state index in [1.165, 1.54) is 32.1 Å². The van der Waals surface area contributed by atoms with Crippen LogP contribution in [0, 0.1) is 5.92 Å². The third-order valence-electron chi connectivity index (χ3n) is 3.08.